The molecule has 1 unspecified atom stereocenters. The zero-order valence-corrected chi connectivity index (χ0v) is 11.6. The maximum Gasteiger partial charge on any atom is 0.321 e. The predicted octanol–water partition coefficient (Wildman–Crippen LogP) is 0.740. The molecule has 1 aromatic heterocycles. The molecule has 1 N–H and O–H groups in total. The minimum Gasteiger partial charge on any atom is -0.480 e. The first kappa shape index (κ1) is 13.5. The summed E-state index contributed by atoms with van der Waals surface area (Å²) in [6.07, 6.45) is 0. The Hall–Kier alpha value is -0.920. The van der Waals surface area contributed by atoms with Gasteiger partial charge in [-0.2, -0.15) is 0 Å². The van der Waals surface area contributed by atoms with Crippen LogP contribution in [0.1, 0.15) is 10.4 Å². The second-order valence-corrected chi connectivity index (χ2v) is 7.85. The van der Waals surface area contributed by atoms with Gasteiger partial charge in [0.05, 0.1) is 11.5 Å². The van der Waals surface area contributed by atoms with Crippen LogP contribution in [0.3, 0.4) is 0 Å². The first-order valence-electron chi connectivity index (χ1n) is 5.59. The number of thiophene rings is 1. The maximum absolute atomic E-state index is 11.5. The molecular weight excluding hydrogens is 274 g/mol. The Morgan fingerprint density at radius 2 is 2.33 bits per heavy atom. The summed E-state index contributed by atoms with van der Waals surface area (Å²) in [5.74, 6) is -1.31. The Morgan fingerprint density at radius 1 is 1.61 bits per heavy atom. The minimum absolute atomic E-state index is 0.0416. The normalized spacial score (nSPS) is 23.9. The molecule has 7 heteroatoms. The van der Waals surface area contributed by atoms with Gasteiger partial charge < -0.3 is 5.11 Å². The molecule has 100 valence electrons. The van der Waals surface area contributed by atoms with Crippen LogP contribution in [-0.4, -0.2) is 48.5 Å². The van der Waals surface area contributed by atoms with Gasteiger partial charge in [0.1, 0.15) is 6.04 Å². The highest BCUT2D eigenvalue weighted by Gasteiger charge is 2.35. The fourth-order valence-electron chi connectivity index (χ4n) is 2.07. The van der Waals surface area contributed by atoms with Gasteiger partial charge in [0, 0.05) is 18.0 Å². The lowest BCUT2D eigenvalue weighted by atomic mass is 10.2. The smallest absolute Gasteiger partial charge is 0.321 e. The predicted molar refractivity (Wildman–Crippen MR) is 69.5 cm³/mol. The van der Waals surface area contributed by atoms with Crippen LogP contribution in [0.2, 0.25) is 0 Å². The van der Waals surface area contributed by atoms with Crippen molar-refractivity contribution < 1.29 is 18.3 Å². The summed E-state index contributed by atoms with van der Waals surface area (Å²) in [4.78, 5) is 14.0. The van der Waals surface area contributed by atoms with E-state index in [4.69, 9.17) is 5.11 Å². The van der Waals surface area contributed by atoms with Gasteiger partial charge in [0.2, 0.25) is 0 Å². The molecule has 1 aromatic rings. The first-order valence-corrected chi connectivity index (χ1v) is 8.29. The number of hydrogen-bond donors (Lipinski definition) is 1. The minimum atomic E-state index is -3.22. The number of hydrogen-bond acceptors (Lipinski definition) is 5. The number of aliphatic carboxylic acids is 1. The summed E-state index contributed by atoms with van der Waals surface area (Å²) in [5, 5.41) is 11.1. The van der Waals surface area contributed by atoms with E-state index in [2.05, 4.69) is 0 Å². The number of sulfone groups is 1. The van der Waals surface area contributed by atoms with E-state index in [9.17, 15) is 13.2 Å². The van der Waals surface area contributed by atoms with Crippen LogP contribution in [0.25, 0.3) is 0 Å². The lowest BCUT2D eigenvalue weighted by Gasteiger charge is -2.32. The van der Waals surface area contributed by atoms with Crippen LogP contribution in [0, 0.1) is 6.92 Å². The van der Waals surface area contributed by atoms with Crippen molar-refractivity contribution in [3.63, 3.8) is 0 Å². The van der Waals surface area contributed by atoms with Gasteiger partial charge in [0.25, 0.3) is 0 Å². The van der Waals surface area contributed by atoms with Crippen LogP contribution in [0.15, 0.2) is 11.4 Å². The molecule has 1 saturated heterocycles. The van der Waals surface area contributed by atoms with Crippen LogP contribution in [0.5, 0.6) is 0 Å². The van der Waals surface area contributed by atoms with Gasteiger partial charge in [-0.1, -0.05) is 0 Å². The van der Waals surface area contributed by atoms with Crippen LogP contribution < -0.4 is 0 Å². The summed E-state index contributed by atoms with van der Waals surface area (Å²) in [6, 6.07) is 1.08. The third kappa shape index (κ3) is 3.09. The SMILES string of the molecule is Cc1cc(CN2CCS(=O)(=O)CC2C(=O)O)cs1. The molecule has 0 saturated carbocycles. The average molecular weight is 289 g/mol. The molecule has 0 aromatic carbocycles. The van der Waals surface area contributed by atoms with Gasteiger partial charge in [-0.3, -0.25) is 9.69 Å². The van der Waals surface area contributed by atoms with E-state index in [0.717, 1.165) is 5.56 Å². The molecule has 0 radical (unpaired) electrons. The van der Waals surface area contributed by atoms with Gasteiger partial charge in [-0.25, -0.2) is 8.42 Å². The lowest BCUT2D eigenvalue weighted by molar-refractivity contribution is -0.142. The van der Waals surface area contributed by atoms with Crippen molar-refractivity contribution in [3.05, 3.63) is 21.9 Å². The van der Waals surface area contributed by atoms with Crippen molar-refractivity contribution >= 4 is 27.1 Å². The zero-order chi connectivity index (χ0) is 13.3. The van der Waals surface area contributed by atoms with E-state index >= 15 is 0 Å². The quantitative estimate of drug-likeness (QED) is 0.888. The highest BCUT2D eigenvalue weighted by Crippen LogP contribution is 2.19. The molecule has 5 nitrogen and oxygen atoms in total. The molecule has 1 aliphatic heterocycles. The summed E-state index contributed by atoms with van der Waals surface area (Å²) < 4.78 is 23.0. The third-order valence-corrected chi connectivity index (χ3v) is 5.54. The van der Waals surface area contributed by atoms with E-state index in [1.165, 1.54) is 4.88 Å². The highest BCUT2D eigenvalue weighted by atomic mass is 32.2. The monoisotopic (exact) mass is 289 g/mol. The summed E-state index contributed by atoms with van der Waals surface area (Å²) in [7, 11) is -3.22. The van der Waals surface area contributed by atoms with Crippen molar-refractivity contribution in [3.8, 4) is 0 Å². The molecule has 2 rings (SSSR count). The fourth-order valence-corrected chi connectivity index (χ4v) is 4.29. The number of aryl methyl sites for hydroxylation is 1. The average Bonchev–Trinajstić information content (AvgIpc) is 2.66. The molecule has 2 heterocycles. The molecule has 0 amide bonds. The molecule has 1 aliphatic rings. The maximum atomic E-state index is 11.5. The third-order valence-electron chi connectivity index (χ3n) is 3.00. The number of rotatable bonds is 3. The molecule has 1 atom stereocenters. The Bertz CT molecular complexity index is 549. The van der Waals surface area contributed by atoms with E-state index in [-0.39, 0.29) is 18.1 Å². The number of nitrogens with zero attached hydrogens (tertiary/aromatic N) is 1. The summed E-state index contributed by atoms with van der Waals surface area (Å²) >= 11 is 1.61. The van der Waals surface area contributed by atoms with Crippen molar-refractivity contribution in [2.24, 2.45) is 0 Å². The molecule has 0 aliphatic carbocycles. The van der Waals surface area contributed by atoms with Gasteiger partial charge in [-0.05, 0) is 23.9 Å². The lowest BCUT2D eigenvalue weighted by Crippen LogP contribution is -2.51. The van der Waals surface area contributed by atoms with Crippen LogP contribution in [0.4, 0.5) is 0 Å². The molecule has 18 heavy (non-hydrogen) atoms. The Kier molecular flexibility index (Phi) is 3.74. The van der Waals surface area contributed by atoms with Crippen LogP contribution in [-0.2, 0) is 21.2 Å². The van der Waals surface area contributed by atoms with Gasteiger partial charge in [-0.15, -0.1) is 11.3 Å². The molecule has 1 fully saturated rings. The van der Waals surface area contributed by atoms with E-state index in [0.29, 0.717) is 6.54 Å². The van der Waals surface area contributed by atoms with E-state index in [1.54, 1.807) is 16.2 Å². The number of carboxylic acid groups (broad SMARTS) is 1. The van der Waals surface area contributed by atoms with Crippen molar-refractivity contribution in [1.29, 1.82) is 0 Å². The van der Waals surface area contributed by atoms with Crippen molar-refractivity contribution in [1.82, 2.24) is 4.90 Å². The van der Waals surface area contributed by atoms with Crippen molar-refractivity contribution in [2.75, 3.05) is 18.1 Å². The number of carbonyl (C=O) groups is 1. The topological polar surface area (TPSA) is 74.7 Å². The van der Waals surface area contributed by atoms with Crippen LogP contribution >= 0.6 is 11.3 Å². The Morgan fingerprint density at radius 3 is 2.89 bits per heavy atom. The highest BCUT2D eigenvalue weighted by molar-refractivity contribution is 7.91. The van der Waals surface area contributed by atoms with E-state index in [1.807, 2.05) is 18.4 Å². The Labute approximate surface area is 110 Å². The van der Waals surface area contributed by atoms with Gasteiger partial charge >= 0.3 is 5.97 Å². The summed E-state index contributed by atoms with van der Waals surface area (Å²) in [5.41, 5.74) is 1.04. The zero-order valence-electron chi connectivity index (χ0n) is 10.00. The van der Waals surface area contributed by atoms with E-state index < -0.39 is 21.8 Å². The molecule has 0 spiro atoms. The van der Waals surface area contributed by atoms with Crippen molar-refractivity contribution in [2.45, 2.75) is 19.5 Å². The second-order valence-electron chi connectivity index (χ2n) is 4.50. The first-order chi connectivity index (χ1) is 8.37. The second kappa shape index (κ2) is 4.99. The molecule has 0 bridgehead atoms. The standard InChI is InChI=1S/C11H15NO4S2/c1-8-4-9(6-17-8)5-12-2-3-18(15,16)7-10(12)11(13)14/h4,6,10H,2-3,5,7H2,1H3,(H,13,14). The molecular formula is C11H15NO4S2. The number of carboxylic acids is 1. The Balaban J connectivity index is 2.14. The summed E-state index contributed by atoms with van der Waals surface area (Å²) in [6.45, 7) is 2.77. The fraction of sp³-hybridized carbons (Fsp3) is 0.545. The largest absolute Gasteiger partial charge is 0.480 e. The van der Waals surface area contributed by atoms with Gasteiger partial charge in [0.15, 0.2) is 9.84 Å².